The molecule has 0 aliphatic carbocycles. The maximum atomic E-state index is 12.2. The first-order chi connectivity index (χ1) is 9.61. The lowest BCUT2D eigenvalue weighted by Crippen LogP contribution is -2.38. The molecule has 1 heterocycles. The van der Waals surface area contributed by atoms with Gasteiger partial charge >= 0.3 is 0 Å². The van der Waals surface area contributed by atoms with Crippen molar-refractivity contribution in [1.82, 2.24) is 4.90 Å². The number of benzene rings is 1. The number of likely N-dealkylation sites (tertiary alicyclic amines) is 1. The van der Waals surface area contributed by atoms with E-state index in [0.29, 0.717) is 37.1 Å². The molecule has 0 spiro atoms. The van der Waals surface area contributed by atoms with E-state index in [-0.39, 0.29) is 11.7 Å². The minimum atomic E-state index is -0.0601. The van der Waals surface area contributed by atoms with Crippen molar-refractivity contribution in [1.29, 1.82) is 5.26 Å². The summed E-state index contributed by atoms with van der Waals surface area (Å²) < 4.78 is 0. The highest BCUT2D eigenvalue weighted by atomic mass is 16.2. The van der Waals surface area contributed by atoms with Gasteiger partial charge in [-0.15, -0.1) is 13.2 Å². The van der Waals surface area contributed by atoms with E-state index in [1.54, 1.807) is 23.1 Å². The maximum absolute atomic E-state index is 12.2. The first-order valence-electron chi connectivity index (χ1n) is 6.43. The summed E-state index contributed by atoms with van der Waals surface area (Å²) in [6.07, 6.45) is 0.891. The average molecular weight is 270 g/mol. The van der Waals surface area contributed by atoms with Gasteiger partial charge in [0.05, 0.1) is 11.6 Å². The monoisotopic (exact) mass is 270 g/mol. The zero-order valence-corrected chi connectivity index (χ0v) is 11.7. The van der Waals surface area contributed by atoms with Crippen LogP contribution in [0.2, 0.25) is 0 Å². The molecule has 0 unspecified atom stereocenters. The van der Waals surface area contributed by atoms with E-state index < -0.39 is 0 Å². The van der Waals surface area contributed by atoms with Crippen LogP contribution in [0.3, 0.4) is 0 Å². The van der Waals surface area contributed by atoms with Crippen LogP contribution in [0, 0.1) is 18.3 Å². The summed E-state index contributed by atoms with van der Waals surface area (Å²) in [6.45, 7) is 8.81. The third-order valence-corrected chi connectivity index (χ3v) is 3.20. The quantitative estimate of drug-likeness (QED) is 0.736. The summed E-state index contributed by atoms with van der Waals surface area (Å²) >= 11 is 0. The predicted molar refractivity (Wildman–Crippen MR) is 77.3 cm³/mol. The molecule has 4 heteroatoms. The molecule has 1 aromatic rings. The molecular formula is C16H18N2O2. The molecule has 0 N–H and O–H groups in total. The van der Waals surface area contributed by atoms with Gasteiger partial charge in [0.1, 0.15) is 5.78 Å². The molecule has 1 aromatic carbocycles. The smallest absolute Gasteiger partial charge is 0.253 e. The van der Waals surface area contributed by atoms with Crippen molar-refractivity contribution in [2.24, 2.45) is 0 Å². The minimum Gasteiger partial charge on any atom is -0.338 e. The SMILES string of the molecule is C=C.Cc1cc(C(=O)N2CCC(=O)CC2)ccc1C#N. The van der Waals surface area contributed by atoms with Crippen molar-refractivity contribution < 1.29 is 9.59 Å². The maximum Gasteiger partial charge on any atom is 0.253 e. The van der Waals surface area contributed by atoms with Crippen LogP contribution in [0.25, 0.3) is 0 Å². The van der Waals surface area contributed by atoms with Gasteiger partial charge in [-0.2, -0.15) is 5.26 Å². The second-order valence-corrected chi connectivity index (χ2v) is 4.47. The number of piperidine rings is 1. The topological polar surface area (TPSA) is 61.2 Å². The highest BCUT2D eigenvalue weighted by Gasteiger charge is 2.21. The Labute approximate surface area is 119 Å². The highest BCUT2D eigenvalue weighted by molar-refractivity contribution is 5.95. The van der Waals surface area contributed by atoms with Crippen LogP contribution in [0.15, 0.2) is 31.4 Å². The lowest BCUT2D eigenvalue weighted by Gasteiger charge is -2.26. The molecule has 1 aliphatic rings. The Balaban J connectivity index is 0.000000956. The number of carbonyl (C=O) groups is 2. The Kier molecular flexibility index (Phi) is 5.67. The number of hydrogen-bond acceptors (Lipinski definition) is 3. The summed E-state index contributed by atoms with van der Waals surface area (Å²) in [5, 5.41) is 8.84. The predicted octanol–water partition coefficient (Wildman–Crippen LogP) is 2.47. The van der Waals surface area contributed by atoms with Crippen molar-refractivity contribution in [3.63, 3.8) is 0 Å². The highest BCUT2D eigenvalue weighted by Crippen LogP contribution is 2.15. The number of amides is 1. The second-order valence-electron chi connectivity index (χ2n) is 4.47. The summed E-state index contributed by atoms with van der Waals surface area (Å²) in [4.78, 5) is 25.0. The Hall–Kier alpha value is -2.41. The second kappa shape index (κ2) is 7.25. The van der Waals surface area contributed by atoms with Gasteiger partial charge in [-0.25, -0.2) is 0 Å². The van der Waals surface area contributed by atoms with E-state index in [2.05, 4.69) is 19.2 Å². The Morgan fingerprint density at radius 2 is 1.90 bits per heavy atom. The largest absolute Gasteiger partial charge is 0.338 e. The summed E-state index contributed by atoms with van der Waals surface area (Å²) in [5.74, 6) is 0.158. The van der Waals surface area contributed by atoms with Crippen molar-refractivity contribution >= 4 is 11.7 Å². The van der Waals surface area contributed by atoms with E-state index in [1.807, 2.05) is 6.92 Å². The molecule has 0 atom stereocenters. The van der Waals surface area contributed by atoms with Crippen LogP contribution in [-0.4, -0.2) is 29.7 Å². The van der Waals surface area contributed by atoms with Gasteiger partial charge in [0.15, 0.2) is 0 Å². The zero-order chi connectivity index (χ0) is 15.1. The van der Waals surface area contributed by atoms with Crippen LogP contribution in [0.4, 0.5) is 0 Å². The van der Waals surface area contributed by atoms with Crippen LogP contribution in [0.1, 0.15) is 34.3 Å². The molecule has 0 bridgehead atoms. The number of ketones is 1. The van der Waals surface area contributed by atoms with Gasteiger partial charge in [-0.3, -0.25) is 9.59 Å². The van der Waals surface area contributed by atoms with E-state index >= 15 is 0 Å². The minimum absolute atomic E-state index is 0.0601. The van der Waals surface area contributed by atoms with E-state index in [0.717, 1.165) is 5.56 Å². The summed E-state index contributed by atoms with van der Waals surface area (Å²) in [6, 6.07) is 7.15. The van der Waals surface area contributed by atoms with Crippen molar-refractivity contribution in [2.45, 2.75) is 19.8 Å². The van der Waals surface area contributed by atoms with Gasteiger partial charge in [-0.05, 0) is 30.7 Å². The van der Waals surface area contributed by atoms with Crippen LogP contribution < -0.4 is 0 Å². The number of rotatable bonds is 1. The van der Waals surface area contributed by atoms with Crippen molar-refractivity contribution in [2.75, 3.05) is 13.1 Å². The number of hydrogen-bond donors (Lipinski definition) is 0. The van der Waals surface area contributed by atoms with E-state index in [1.165, 1.54) is 0 Å². The Morgan fingerprint density at radius 1 is 1.30 bits per heavy atom. The first-order valence-corrected chi connectivity index (χ1v) is 6.43. The number of carbonyl (C=O) groups excluding carboxylic acids is 2. The molecule has 1 aliphatic heterocycles. The third-order valence-electron chi connectivity index (χ3n) is 3.20. The molecule has 1 saturated heterocycles. The molecule has 0 saturated carbocycles. The molecule has 4 nitrogen and oxygen atoms in total. The average Bonchev–Trinajstić information content (AvgIpc) is 2.49. The number of nitriles is 1. The van der Waals surface area contributed by atoms with E-state index in [4.69, 9.17) is 5.26 Å². The fourth-order valence-electron chi connectivity index (χ4n) is 2.06. The van der Waals surface area contributed by atoms with Crippen molar-refractivity contribution in [3.8, 4) is 6.07 Å². The summed E-state index contributed by atoms with van der Waals surface area (Å²) in [7, 11) is 0. The first kappa shape index (κ1) is 15.6. The fourth-order valence-corrected chi connectivity index (χ4v) is 2.06. The molecule has 104 valence electrons. The standard InChI is InChI=1S/C14H14N2O2.C2H4/c1-10-8-11(2-3-12(10)9-15)14(18)16-6-4-13(17)5-7-16;1-2/h2-3,8H,4-7H2,1H3;1-2H2. The number of nitrogens with zero attached hydrogens (tertiary/aromatic N) is 2. The van der Waals surface area contributed by atoms with Gasteiger partial charge in [0, 0.05) is 31.5 Å². The van der Waals surface area contributed by atoms with E-state index in [9.17, 15) is 9.59 Å². The van der Waals surface area contributed by atoms with Crippen molar-refractivity contribution in [3.05, 3.63) is 48.0 Å². The molecular weight excluding hydrogens is 252 g/mol. The van der Waals surface area contributed by atoms with Gasteiger partial charge < -0.3 is 4.90 Å². The van der Waals surface area contributed by atoms with Crippen LogP contribution in [0.5, 0.6) is 0 Å². The molecule has 2 rings (SSSR count). The molecule has 0 aromatic heterocycles. The lowest BCUT2D eigenvalue weighted by molar-refractivity contribution is -0.120. The normalized spacial score (nSPS) is 14.0. The van der Waals surface area contributed by atoms with Crippen LogP contribution in [-0.2, 0) is 4.79 Å². The molecule has 1 fully saturated rings. The lowest BCUT2D eigenvalue weighted by atomic mass is 10.0. The Morgan fingerprint density at radius 3 is 2.40 bits per heavy atom. The number of aryl methyl sites for hydroxylation is 1. The molecule has 20 heavy (non-hydrogen) atoms. The number of Topliss-reactive ketones (excluding diaryl/α,β-unsaturated/α-hetero) is 1. The Bertz CT molecular complexity index is 548. The zero-order valence-electron chi connectivity index (χ0n) is 11.7. The van der Waals surface area contributed by atoms with Gasteiger partial charge in [-0.1, -0.05) is 0 Å². The van der Waals surface area contributed by atoms with Gasteiger partial charge in [0.25, 0.3) is 5.91 Å². The fraction of sp³-hybridized carbons (Fsp3) is 0.312. The molecule has 1 amide bonds. The van der Waals surface area contributed by atoms with Crippen LogP contribution >= 0.6 is 0 Å². The molecule has 0 radical (unpaired) electrons. The van der Waals surface area contributed by atoms with Gasteiger partial charge in [0.2, 0.25) is 0 Å². The third kappa shape index (κ3) is 3.55. The summed E-state index contributed by atoms with van der Waals surface area (Å²) in [5.41, 5.74) is 1.97.